The van der Waals surface area contributed by atoms with Crippen LogP contribution >= 0.6 is 0 Å². The number of rotatable bonds is 16. The van der Waals surface area contributed by atoms with Crippen LogP contribution in [0.25, 0.3) is 12.2 Å². The Bertz CT molecular complexity index is 1890. The Labute approximate surface area is 313 Å². The topological polar surface area (TPSA) is 108 Å². The van der Waals surface area contributed by atoms with E-state index in [4.69, 9.17) is 28.4 Å². The average molecular weight is 799 g/mol. The van der Waals surface area contributed by atoms with Crippen molar-refractivity contribution in [1.82, 2.24) is 0 Å². The van der Waals surface area contributed by atoms with Crippen molar-refractivity contribution < 1.29 is 72.7 Å². The van der Waals surface area contributed by atoms with Crippen molar-refractivity contribution in [2.24, 2.45) is 0 Å². The second-order valence-corrected chi connectivity index (χ2v) is 13.5. The smallest absolute Gasteiger partial charge is 0.496 e. The van der Waals surface area contributed by atoms with Crippen LogP contribution in [-0.4, -0.2) is 63.8 Å². The summed E-state index contributed by atoms with van der Waals surface area (Å²) >= 11 is 0. The van der Waals surface area contributed by atoms with E-state index >= 15 is 8.42 Å². The van der Waals surface area contributed by atoms with Gasteiger partial charge in [-0.2, -0.15) is 0 Å². The quantitative estimate of drug-likeness (QED) is 0.102. The molecule has 17 heteroatoms. The SMILES string of the molecule is COc1cc(OC)c(/C=C/C(c2ccc(OC(F)(F)F)cc2)S(=O)(=O)C(/C=C/c2c(OC)cc(OC)cc2OC)c2ccc(OC(F)(F)F)cc2)c(OC)c1. The van der Waals surface area contributed by atoms with E-state index in [9.17, 15) is 26.3 Å². The minimum Gasteiger partial charge on any atom is -0.496 e. The van der Waals surface area contributed by atoms with E-state index < -0.39 is 44.6 Å². The predicted molar refractivity (Wildman–Crippen MR) is 191 cm³/mol. The first kappa shape index (κ1) is 42.0. The lowest BCUT2D eigenvalue weighted by molar-refractivity contribution is -0.275. The molecule has 0 saturated heterocycles. The maximum Gasteiger partial charge on any atom is 0.573 e. The fourth-order valence-electron chi connectivity index (χ4n) is 5.46. The van der Waals surface area contributed by atoms with Crippen LogP contribution in [0.4, 0.5) is 26.3 Å². The molecule has 4 aromatic carbocycles. The van der Waals surface area contributed by atoms with Crippen LogP contribution in [0.15, 0.2) is 84.9 Å². The third-order valence-corrected chi connectivity index (χ3v) is 10.2. The van der Waals surface area contributed by atoms with E-state index in [0.717, 1.165) is 48.5 Å². The number of halogens is 6. The van der Waals surface area contributed by atoms with Crippen LogP contribution in [0.3, 0.4) is 0 Å². The molecule has 0 aliphatic rings. The molecule has 10 nitrogen and oxygen atoms in total. The van der Waals surface area contributed by atoms with Gasteiger partial charge >= 0.3 is 12.7 Å². The van der Waals surface area contributed by atoms with E-state index in [1.807, 2.05) is 0 Å². The summed E-state index contributed by atoms with van der Waals surface area (Å²) in [5.41, 5.74) is 0.590. The molecule has 55 heavy (non-hydrogen) atoms. The molecule has 0 N–H and O–H groups in total. The number of benzene rings is 4. The first-order chi connectivity index (χ1) is 26.0. The molecule has 2 atom stereocenters. The minimum absolute atomic E-state index is 0.00672. The average Bonchev–Trinajstić information content (AvgIpc) is 3.14. The molecule has 0 fully saturated rings. The Kier molecular flexibility index (Phi) is 13.5. The lowest BCUT2D eigenvalue weighted by Crippen LogP contribution is -2.20. The first-order valence-corrected chi connectivity index (χ1v) is 17.5. The van der Waals surface area contributed by atoms with E-state index in [1.54, 1.807) is 0 Å². The van der Waals surface area contributed by atoms with Gasteiger partial charge in [-0.3, -0.25) is 0 Å². The zero-order valence-corrected chi connectivity index (χ0v) is 31.0. The Morgan fingerprint density at radius 1 is 0.473 bits per heavy atom. The molecule has 4 aromatic rings. The number of alkyl halides is 6. The Hall–Kier alpha value is -5.71. The van der Waals surface area contributed by atoms with Crippen molar-refractivity contribution in [3.05, 3.63) is 107 Å². The van der Waals surface area contributed by atoms with E-state index in [0.29, 0.717) is 11.5 Å². The van der Waals surface area contributed by atoms with Gasteiger partial charge in [-0.15, -0.1) is 26.3 Å². The summed E-state index contributed by atoms with van der Waals surface area (Å²) in [6.07, 6.45) is -4.69. The zero-order valence-electron chi connectivity index (χ0n) is 30.2. The standard InChI is InChI=1S/C38H36F6O10S/c1-47-27-19-31(49-3)29(32(20-27)50-4)15-17-35(23-7-11-25(12-8-23)53-37(39,40)41)55(45,46)36(24-9-13-26(14-10-24)54-38(42,43)44)18-16-30-33(51-5)21-28(48-2)22-34(30)52-6/h7-22,35-36H,1-6H3/b17-15+,18-16+. The zero-order chi connectivity index (χ0) is 40.6. The largest absolute Gasteiger partial charge is 0.573 e. The highest BCUT2D eigenvalue weighted by atomic mass is 32.2. The number of hydrogen-bond acceptors (Lipinski definition) is 10. The highest BCUT2D eigenvalue weighted by Gasteiger charge is 2.36. The fourth-order valence-corrected chi connectivity index (χ4v) is 7.44. The molecule has 4 rings (SSSR count). The van der Waals surface area contributed by atoms with Gasteiger partial charge in [0.1, 0.15) is 56.5 Å². The maximum atomic E-state index is 15.0. The summed E-state index contributed by atoms with van der Waals surface area (Å²) in [4.78, 5) is 0. The molecule has 0 spiro atoms. The van der Waals surface area contributed by atoms with Crippen LogP contribution < -0.4 is 37.9 Å². The third kappa shape index (κ3) is 10.7. The van der Waals surface area contributed by atoms with Crippen molar-refractivity contribution in [1.29, 1.82) is 0 Å². The Morgan fingerprint density at radius 2 is 0.764 bits per heavy atom. The second-order valence-electron chi connectivity index (χ2n) is 11.3. The molecule has 2 unspecified atom stereocenters. The maximum absolute atomic E-state index is 15.0. The molecule has 0 heterocycles. The van der Waals surface area contributed by atoms with Gasteiger partial charge in [-0.1, -0.05) is 36.4 Å². The highest BCUT2D eigenvalue weighted by Crippen LogP contribution is 2.42. The van der Waals surface area contributed by atoms with E-state index in [-0.39, 0.29) is 45.3 Å². The fraction of sp³-hybridized carbons (Fsp3) is 0.263. The van der Waals surface area contributed by atoms with Crippen molar-refractivity contribution in [3.63, 3.8) is 0 Å². The molecule has 0 aromatic heterocycles. The molecule has 0 radical (unpaired) electrons. The van der Waals surface area contributed by atoms with Crippen molar-refractivity contribution in [2.45, 2.75) is 23.2 Å². The Balaban J connectivity index is 1.97. The number of sulfone groups is 1. The Morgan fingerprint density at radius 3 is 1.00 bits per heavy atom. The second kappa shape index (κ2) is 17.6. The summed E-state index contributed by atoms with van der Waals surface area (Å²) in [6.45, 7) is 0. The molecular weight excluding hydrogens is 762 g/mol. The normalized spacial score (nSPS) is 13.3. The summed E-state index contributed by atoms with van der Waals surface area (Å²) < 4.78 is 149. The lowest BCUT2D eigenvalue weighted by atomic mass is 10.1. The molecule has 0 amide bonds. The van der Waals surface area contributed by atoms with Gasteiger partial charge in [-0.05, 0) is 47.5 Å². The summed E-state index contributed by atoms with van der Waals surface area (Å²) in [5, 5.41) is -3.24. The van der Waals surface area contributed by atoms with Crippen molar-refractivity contribution in [3.8, 4) is 46.0 Å². The van der Waals surface area contributed by atoms with Crippen molar-refractivity contribution >= 4 is 22.0 Å². The molecule has 0 aliphatic heterocycles. The van der Waals surface area contributed by atoms with Gasteiger partial charge in [0.25, 0.3) is 0 Å². The highest BCUT2D eigenvalue weighted by molar-refractivity contribution is 7.92. The first-order valence-electron chi connectivity index (χ1n) is 15.9. The van der Waals surface area contributed by atoms with Gasteiger partial charge in [0.15, 0.2) is 9.84 Å². The molecule has 296 valence electrons. The van der Waals surface area contributed by atoms with Crippen LogP contribution in [0.5, 0.6) is 46.0 Å². The minimum atomic E-state index is -5.02. The summed E-state index contributed by atoms with van der Waals surface area (Å²) in [7, 11) is 3.70. The van der Waals surface area contributed by atoms with Gasteiger partial charge in [0.05, 0.1) is 53.8 Å². The number of methoxy groups -OCH3 is 6. The van der Waals surface area contributed by atoms with Gasteiger partial charge in [-0.25, -0.2) is 8.42 Å². The summed E-state index contributed by atoms with van der Waals surface area (Å²) in [6, 6.07) is 14.5. The van der Waals surface area contributed by atoms with Crippen LogP contribution in [-0.2, 0) is 9.84 Å². The summed E-state index contributed by atoms with van der Waals surface area (Å²) in [5.74, 6) is 0.433. The van der Waals surface area contributed by atoms with Gasteiger partial charge in [0, 0.05) is 24.3 Å². The monoisotopic (exact) mass is 798 g/mol. The number of ether oxygens (including phenoxy) is 8. The predicted octanol–water partition coefficient (Wildman–Crippen LogP) is 9.16. The molecule has 0 bridgehead atoms. The van der Waals surface area contributed by atoms with Crippen LogP contribution in [0, 0.1) is 0 Å². The number of hydrogen-bond donors (Lipinski definition) is 0. The third-order valence-electron chi connectivity index (χ3n) is 7.97. The molecular formula is C38H36F6O10S. The van der Waals surface area contributed by atoms with E-state index in [1.165, 1.54) is 91.2 Å². The van der Waals surface area contributed by atoms with Crippen molar-refractivity contribution in [2.75, 3.05) is 42.7 Å². The lowest BCUT2D eigenvalue weighted by Gasteiger charge is -2.23. The van der Waals surface area contributed by atoms with Gasteiger partial charge < -0.3 is 37.9 Å². The molecule has 0 aliphatic carbocycles. The van der Waals surface area contributed by atoms with E-state index in [2.05, 4.69) is 9.47 Å². The van der Waals surface area contributed by atoms with Crippen LogP contribution in [0.2, 0.25) is 0 Å². The van der Waals surface area contributed by atoms with Gasteiger partial charge in [0.2, 0.25) is 0 Å². The van der Waals surface area contributed by atoms with Crippen LogP contribution in [0.1, 0.15) is 32.8 Å². The molecule has 0 saturated carbocycles.